The number of aliphatic hydroxyl groups excluding tert-OH is 2. The third-order valence-electron chi connectivity index (χ3n) is 6.47. The van der Waals surface area contributed by atoms with Crippen LogP contribution in [-0.2, 0) is 6.42 Å². The zero-order valence-corrected chi connectivity index (χ0v) is 19.6. The first-order valence-corrected chi connectivity index (χ1v) is 11.6. The summed E-state index contributed by atoms with van der Waals surface area (Å²) >= 11 is 5.99. The van der Waals surface area contributed by atoms with E-state index in [9.17, 15) is 15.0 Å². The molecule has 5 rings (SSSR count). The average molecular weight is 487 g/mol. The minimum Gasteiger partial charge on any atom is -0.487 e. The fraction of sp³-hybridized carbons (Fsp3) is 0.435. The molecule has 0 spiro atoms. The van der Waals surface area contributed by atoms with Gasteiger partial charge in [0.15, 0.2) is 5.65 Å². The molecule has 2 aromatic heterocycles. The van der Waals surface area contributed by atoms with Gasteiger partial charge in [0.2, 0.25) is 0 Å². The van der Waals surface area contributed by atoms with Crippen molar-refractivity contribution in [3.8, 4) is 5.75 Å². The van der Waals surface area contributed by atoms with Gasteiger partial charge in [0.25, 0.3) is 5.91 Å². The van der Waals surface area contributed by atoms with Crippen molar-refractivity contribution in [3.63, 3.8) is 0 Å². The van der Waals surface area contributed by atoms with Crippen LogP contribution in [0.2, 0.25) is 5.02 Å². The number of nitrogens with one attached hydrogen (secondary N) is 1. The van der Waals surface area contributed by atoms with Crippen molar-refractivity contribution in [1.82, 2.24) is 19.5 Å². The summed E-state index contributed by atoms with van der Waals surface area (Å²) < 4.78 is 7.70. The molecule has 2 aliphatic heterocycles. The first kappa shape index (κ1) is 22.9. The van der Waals surface area contributed by atoms with E-state index in [1.54, 1.807) is 6.20 Å². The predicted octanol–water partition coefficient (Wildman–Crippen LogP) is 1.78. The highest BCUT2D eigenvalue weighted by atomic mass is 35.5. The number of carbonyl (C=O) groups is 1. The van der Waals surface area contributed by atoms with Gasteiger partial charge in [-0.25, -0.2) is 9.50 Å². The molecule has 10 nitrogen and oxygen atoms in total. The van der Waals surface area contributed by atoms with Crippen molar-refractivity contribution in [1.29, 1.82) is 0 Å². The van der Waals surface area contributed by atoms with Crippen LogP contribution in [0.4, 0.5) is 11.4 Å². The summed E-state index contributed by atoms with van der Waals surface area (Å²) in [5.74, 6) is 0.442. The topological polar surface area (TPSA) is 115 Å². The molecule has 0 unspecified atom stereocenters. The Labute approximate surface area is 201 Å². The zero-order chi connectivity index (χ0) is 23.9. The summed E-state index contributed by atoms with van der Waals surface area (Å²) in [5.41, 5.74) is 2.78. The molecule has 4 heterocycles. The van der Waals surface area contributed by atoms with Crippen LogP contribution in [0.5, 0.6) is 5.75 Å². The van der Waals surface area contributed by atoms with Crippen LogP contribution in [0, 0.1) is 0 Å². The van der Waals surface area contributed by atoms with E-state index in [1.165, 1.54) is 16.9 Å². The molecular weight excluding hydrogens is 460 g/mol. The van der Waals surface area contributed by atoms with Gasteiger partial charge in [-0.2, -0.15) is 5.10 Å². The highest BCUT2D eigenvalue weighted by Gasteiger charge is 2.36. The van der Waals surface area contributed by atoms with E-state index in [0.29, 0.717) is 60.9 Å². The zero-order valence-electron chi connectivity index (χ0n) is 18.9. The van der Waals surface area contributed by atoms with E-state index >= 15 is 0 Å². The Morgan fingerprint density at radius 2 is 2.03 bits per heavy atom. The number of carbonyl (C=O) groups excluding carboxylic acids is 1. The number of nitrogens with zero attached hydrogens (tertiary/aromatic N) is 5. The molecule has 2 aliphatic rings. The second-order valence-corrected chi connectivity index (χ2v) is 9.42. The number of hydrogen-bond donors (Lipinski definition) is 3. The lowest BCUT2D eigenvalue weighted by atomic mass is 9.95. The molecule has 0 radical (unpaired) electrons. The number of benzene rings is 1. The number of halogens is 1. The van der Waals surface area contributed by atoms with Crippen LogP contribution in [-0.4, -0.2) is 80.7 Å². The first-order valence-electron chi connectivity index (χ1n) is 11.2. The van der Waals surface area contributed by atoms with Gasteiger partial charge < -0.3 is 25.2 Å². The fourth-order valence-corrected chi connectivity index (χ4v) is 4.76. The van der Waals surface area contributed by atoms with E-state index in [0.717, 1.165) is 17.0 Å². The maximum atomic E-state index is 13.3. The number of fused-ring (bicyclic) bond motifs is 2. The molecule has 0 bridgehead atoms. The van der Waals surface area contributed by atoms with Gasteiger partial charge in [0.1, 0.15) is 16.9 Å². The highest BCUT2D eigenvalue weighted by Crippen LogP contribution is 2.43. The molecule has 1 amide bonds. The minimum atomic E-state index is -0.488. The van der Waals surface area contributed by atoms with Crippen molar-refractivity contribution in [3.05, 3.63) is 46.9 Å². The Morgan fingerprint density at radius 3 is 2.76 bits per heavy atom. The summed E-state index contributed by atoms with van der Waals surface area (Å²) in [5, 5.41) is 26.6. The molecule has 0 saturated carbocycles. The first-order chi connectivity index (χ1) is 16.4. The maximum Gasteiger partial charge on any atom is 0.261 e. The Hall–Kier alpha value is -2.92. The van der Waals surface area contributed by atoms with Gasteiger partial charge in [0, 0.05) is 63.5 Å². The maximum absolute atomic E-state index is 13.3. The largest absolute Gasteiger partial charge is 0.487 e. The Morgan fingerprint density at radius 1 is 1.24 bits per heavy atom. The van der Waals surface area contributed by atoms with E-state index < -0.39 is 5.60 Å². The van der Waals surface area contributed by atoms with Crippen LogP contribution in [0.3, 0.4) is 0 Å². The third-order valence-corrected chi connectivity index (χ3v) is 6.67. The second-order valence-electron chi connectivity index (χ2n) is 8.98. The summed E-state index contributed by atoms with van der Waals surface area (Å²) in [6.07, 6.45) is 5.71. The quantitative estimate of drug-likeness (QED) is 0.483. The van der Waals surface area contributed by atoms with Gasteiger partial charge in [-0.05, 0) is 13.0 Å². The van der Waals surface area contributed by atoms with Crippen molar-refractivity contribution in [2.24, 2.45) is 0 Å². The summed E-state index contributed by atoms with van der Waals surface area (Å²) in [6, 6.07) is 3.93. The third kappa shape index (κ3) is 4.29. The molecule has 34 heavy (non-hydrogen) atoms. The van der Waals surface area contributed by atoms with Crippen molar-refractivity contribution in [2.45, 2.75) is 25.4 Å². The minimum absolute atomic E-state index is 0.0238. The smallest absolute Gasteiger partial charge is 0.261 e. The molecule has 3 aromatic rings. The number of aliphatic hydroxyl groups is 2. The number of piperazine rings is 1. The average Bonchev–Trinajstić information content (AvgIpc) is 3.38. The number of aromatic nitrogens is 3. The lowest BCUT2D eigenvalue weighted by Gasteiger charge is -2.36. The van der Waals surface area contributed by atoms with Crippen LogP contribution in [0.1, 0.15) is 29.3 Å². The van der Waals surface area contributed by atoms with Crippen molar-refractivity contribution < 1.29 is 19.7 Å². The number of anilines is 2. The van der Waals surface area contributed by atoms with Crippen molar-refractivity contribution in [2.75, 3.05) is 49.7 Å². The molecular formula is C23H27ClN6O4. The molecule has 3 N–H and O–H groups in total. The van der Waals surface area contributed by atoms with E-state index in [1.807, 2.05) is 24.0 Å². The van der Waals surface area contributed by atoms with Gasteiger partial charge in [0.05, 0.1) is 35.5 Å². The van der Waals surface area contributed by atoms with Gasteiger partial charge in [-0.3, -0.25) is 9.69 Å². The fourth-order valence-electron chi connectivity index (χ4n) is 4.62. The number of amides is 1. The molecule has 1 atom stereocenters. The predicted molar refractivity (Wildman–Crippen MR) is 128 cm³/mol. The molecule has 0 aliphatic carbocycles. The standard InChI is InChI=1S/C23H27ClN6O4/c1-23(2-7-31)10-15-8-18(19(9-20(15)34-23)29-5-3-28(14-32)4-6-29)27-22(33)17-12-26-30-13-16(24)11-25-21(17)30/h8-9,11-13,31-32H,2-7,10,14H2,1H3,(H,27,33)/t23-/m0/s1. The molecule has 11 heteroatoms. The van der Waals surface area contributed by atoms with E-state index in [4.69, 9.17) is 16.3 Å². The number of ether oxygens (including phenoxy) is 1. The number of rotatable bonds is 6. The van der Waals surface area contributed by atoms with Crippen LogP contribution >= 0.6 is 11.6 Å². The summed E-state index contributed by atoms with van der Waals surface area (Å²) in [6.45, 7) is 4.87. The Kier molecular flexibility index (Phi) is 6.07. The number of hydrogen-bond acceptors (Lipinski definition) is 8. The Bertz CT molecular complexity index is 1230. The van der Waals surface area contributed by atoms with Gasteiger partial charge in [-0.1, -0.05) is 11.6 Å². The van der Waals surface area contributed by atoms with Crippen LogP contribution in [0.15, 0.2) is 30.7 Å². The normalized spacial score (nSPS) is 20.4. The molecule has 1 saturated heterocycles. The van der Waals surface area contributed by atoms with Crippen molar-refractivity contribution >= 4 is 34.5 Å². The SMILES string of the molecule is C[C@]1(CCO)Cc2cc(NC(=O)c3cnn4cc(Cl)cnc34)c(N3CCN(CO)CC3)cc2O1. The van der Waals surface area contributed by atoms with E-state index in [2.05, 4.69) is 20.3 Å². The molecule has 1 fully saturated rings. The monoisotopic (exact) mass is 486 g/mol. The van der Waals surface area contributed by atoms with E-state index in [-0.39, 0.29) is 19.2 Å². The Balaban J connectivity index is 1.48. The van der Waals surface area contributed by atoms with Gasteiger partial charge in [-0.15, -0.1) is 0 Å². The molecule has 180 valence electrons. The second kappa shape index (κ2) is 9.03. The highest BCUT2D eigenvalue weighted by molar-refractivity contribution is 6.30. The summed E-state index contributed by atoms with van der Waals surface area (Å²) in [4.78, 5) is 21.7. The lowest BCUT2D eigenvalue weighted by Crippen LogP contribution is -2.46. The molecule has 1 aromatic carbocycles. The van der Waals surface area contributed by atoms with Crippen LogP contribution < -0.4 is 15.0 Å². The summed E-state index contributed by atoms with van der Waals surface area (Å²) in [7, 11) is 0. The van der Waals surface area contributed by atoms with Gasteiger partial charge >= 0.3 is 0 Å². The lowest BCUT2D eigenvalue weighted by molar-refractivity contribution is 0.0811. The van der Waals surface area contributed by atoms with Crippen LogP contribution in [0.25, 0.3) is 5.65 Å².